The molecule has 2 radical (unpaired) electrons. The van der Waals surface area contributed by atoms with Gasteiger partial charge in [0.05, 0.1) is 9.79 Å². The van der Waals surface area contributed by atoms with Crippen molar-refractivity contribution in [1.82, 2.24) is 0 Å². The highest BCUT2D eigenvalue weighted by Gasteiger charge is 2.16. The summed E-state index contributed by atoms with van der Waals surface area (Å²) >= 11 is 4.91. The molecule has 2 aromatic rings. The van der Waals surface area contributed by atoms with Crippen molar-refractivity contribution in [2.75, 3.05) is 0 Å². The normalized spacial score (nSPS) is 11.2. The summed E-state index contributed by atoms with van der Waals surface area (Å²) in [5.41, 5.74) is 0. The van der Waals surface area contributed by atoms with E-state index in [1.807, 2.05) is 0 Å². The molecule has 0 atom stereocenters. The maximum Gasteiger partial charge on any atom is 0.206 e. The molecule has 0 aliphatic heterocycles. The molecule has 2 aromatic carbocycles. The van der Waals surface area contributed by atoms with Gasteiger partial charge in [-0.15, -0.1) is 0 Å². The van der Waals surface area contributed by atoms with Gasteiger partial charge in [-0.2, -0.15) is 0 Å². The Bertz CT molecular complexity index is 572. The fourth-order valence-corrected chi connectivity index (χ4v) is 2.70. The molecule has 80 valence electrons. The SMILES string of the molecule is O=S(=O)(c1cc[c]cc1)c1ccc([S])cc1. The highest BCUT2D eigenvalue weighted by atomic mass is 32.2. The molecule has 4 heteroatoms. The lowest BCUT2D eigenvalue weighted by atomic mass is 10.4. The van der Waals surface area contributed by atoms with Crippen molar-refractivity contribution in [2.24, 2.45) is 0 Å². The lowest BCUT2D eigenvalue weighted by Gasteiger charge is -2.03. The monoisotopic (exact) mass is 248 g/mol. The Morgan fingerprint density at radius 3 is 1.94 bits per heavy atom. The molecule has 0 aromatic heterocycles. The average molecular weight is 248 g/mol. The molecule has 0 bridgehead atoms. The van der Waals surface area contributed by atoms with Crippen molar-refractivity contribution >= 4 is 22.5 Å². The van der Waals surface area contributed by atoms with E-state index in [4.69, 9.17) is 12.6 Å². The third-order valence-electron chi connectivity index (χ3n) is 2.13. The molecule has 2 nitrogen and oxygen atoms in total. The second-order valence-electron chi connectivity index (χ2n) is 3.21. The van der Waals surface area contributed by atoms with Crippen molar-refractivity contribution < 1.29 is 8.42 Å². The van der Waals surface area contributed by atoms with Gasteiger partial charge in [0, 0.05) is 4.90 Å². The first kappa shape index (κ1) is 11.1. The Morgan fingerprint density at radius 2 is 1.38 bits per heavy atom. The molecular weight excluding hydrogens is 240 g/mol. The molecule has 0 saturated carbocycles. The van der Waals surface area contributed by atoms with Crippen LogP contribution in [0.5, 0.6) is 0 Å². The van der Waals surface area contributed by atoms with Crippen LogP contribution in [0.15, 0.2) is 63.2 Å². The first-order valence-electron chi connectivity index (χ1n) is 4.59. The van der Waals surface area contributed by atoms with Crippen LogP contribution in [-0.2, 0) is 9.84 Å². The summed E-state index contributed by atoms with van der Waals surface area (Å²) in [6.45, 7) is 0. The first-order chi connectivity index (χ1) is 7.60. The zero-order valence-electron chi connectivity index (χ0n) is 8.25. The van der Waals surface area contributed by atoms with Gasteiger partial charge in [-0.05, 0) is 42.5 Å². The number of hydrogen-bond acceptors (Lipinski definition) is 2. The topological polar surface area (TPSA) is 34.1 Å². The van der Waals surface area contributed by atoms with Crippen molar-refractivity contribution in [2.45, 2.75) is 14.7 Å². The van der Waals surface area contributed by atoms with Gasteiger partial charge in [-0.3, -0.25) is 0 Å². The fourth-order valence-electron chi connectivity index (χ4n) is 1.31. The first-order valence-corrected chi connectivity index (χ1v) is 6.48. The van der Waals surface area contributed by atoms with E-state index in [0.717, 1.165) is 0 Å². The van der Waals surface area contributed by atoms with Crippen molar-refractivity contribution in [3.63, 3.8) is 0 Å². The second-order valence-corrected chi connectivity index (χ2v) is 5.63. The van der Waals surface area contributed by atoms with E-state index in [1.54, 1.807) is 24.3 Å². The number of benzene rings is 2. The second kappa shape index (κ2) is 4.23. The van der Waals surface area contributed by atoms with Gasteiger partial charge >= 0.3 is 0 Å². The number of hydrogen-bond donors (Lipinski definition) is 0. The van der Waals surface area contributed by atoms with Crippen LogP contribution in [0.4, 0.5) is 0 Å². The maximum absolute atomic E-state index is 12.1. The van der Waals surface area contributed by atoms with E-state index in [2.05, 4.69) is 6.07 Å². The van der Waals surface area contributed by atoms with Gasteiger partial charge in [-0.25, -0.2) is 8.42 Å². The Kier molecular flexibility index (Phi) is 2.94. The third-order valence-corrected chi connectivity index (χ3v) is 4.19. The zero-order chi connectivity index (χ0) is 11.6. The van der Waals surface area contributed by atoms with E-state index < -0.39 is 9.84 Å². The summed E-state index contributed by atoms with van der Waals surface area (Å²) < 4.78 is 24.2. The highest BCUT2D eigenvalue weighted by Crippen LogP contribution is 2.21. The van der Waals surface area contributed by atoms with E-state index in [0.29, 0.717) is 4.90 Å². The summed E-state index contributed by atoms with van der Waals surface area (Å²) in [7, 11) is -3.42. The molecule has 0 amide bonds. The molecular formula is C12H8O2S2. The van der Waals surface area contributed by atoms with E-state index >= 15 is 0 Å². The summed E-state index contributed by atoms with van der Waals surface area (Å²) in [4.78, 5) is 1.15. The van der Waals surface area contributed by atoms with Crippen LogP contribution in [0.2, 0.25) is 0 Å². The maximum atomic E-state index is 12.1. The molecule has 0 spiro atoms. The van der Waals surface area contributed by atoms with Crippen LogP contribution in [0, 0.1) is 6.07 Å². The summed E-state index contributed by atoms with van der Waals surface area (Å²) in [5, 5.41) is 0. The lowest BCUT2D eigenvalue weighted by molar-refractivity contribution is 0.596. The van der Waals surface area contributed by atoms with E-state index in [1.165, 1.54) is 24.3 Å². The zero-order valence-corrected chi connectivity index (χ0v) is 9.88. The summed E-state index contributed by atoms with van der Waals surface area (Å²) in [6, 6.07) is 15.3. The van der Waals surface area contributed by atoms with Crippen molar-refractivity contribution in [3.05, 3.63) is 54.6 Å². The van der Waals surface area contributed by atoms with Crippen LogP contribution in [0.1, 0.15) is 0 Å². The summed E-state index contributed by atoms with van der Waals surface area (Å²) in [6.07, 6.45) is 0. The van der Waals surface area contributed by atoms with Crippen molar-refractivity contribution in [3.8, 4) is 0 Å². The lowest BCUT2D eigenvalue weighted by Crippen LogP contribution is -2.01. The minimum atomic E-state index is -3.42. The third kappa shape index (κ3) is 2.08. The van der Waals surface area contributed by atoms with Gasteiger partial charge < -0.3 is 0 Å². The highest BCUT2D eigenvalue weighted by molar-refractivity contribution is 7.91. The van der Waals surface area contributed by atoms with Gasteiger partial charge in [-0.1, -0.05) is 24.8 Å². The van der Waals surface area contributed by atoms with Gasteiger partial charge in [0.2, 0.25) is 9.84 Å². The van der Waals surface area contributed by atoms with E-state index in [9.17, 15) is 8.42 Å². The quantitative estimate of drug-likeness (QED) is 0.819. The van der Waals surface area contributed by atoms with Crippen LogP contribution in [0.25, 0.3) is 0 Å². The minimum absolute atomic E-state index is 0.257. The standard InChI is InChI=1S/C12H8O2S2/c13-16(14,11-4-2-1-3-5-11)12-8-6-10(15)7-9-12/h2-9H. The van der Waals surface area contributed by atoms with Crippen LogP contribution in [0.3, 0.4) is 0 Å². The minimum Gasteiger partial charge on any atom is -0.219 e. The Labute approximate surface area is 100 Å². The Hall–Kier alpha value is -1.39. The molecule has 16 heavy (non-hydrogen) atoms. The smallest absolute Gasteiger partial charge is 0.206 e. The molecule has 0 heterocycles. The molecule has 0 aliphatic carbocycles. The van der Waals surface area contributed by atoms with Gasteiger partial charge in [0.15, 0.2) is 0 Å². The van der Waals surface area contributed by atoms with Crippen LogP contribution in [-0.4, -0.2) is 8.42 Å². The largest absolute Gasteiger partial charge is 0.219 e. The molecule has 0 aliphatic rings. The van der Waals surface area contributed by atoms with Gasteiger partial charge in [0.25, 0.3) is 0 Å². The molecule has 0 N–H and O–H groups in total. The molecule has 0 fully saturated rings. The van der Waals surface area contributed by atoms with Crippen LogP contribution >= 0.6 is 12.6 Å². The van der Waals surface area contributed by atoms with E-state index in [-0.39, 0.29) is 9.79 Å². The van der Waals surface area contributed by atoms with Gasteiger partial charge in [0.1, 0.15) is 0 Å². The van der Waals surface area contributed by atoms with Crippen LogP contribution < -0.4 is 0 Å². The average Bonchev–Trinajstić information content (AvgIpc) is 2.31. The molecule has 2 rings (SSSR count). The number of sulfone groups is 1. The molecule has 0 saturated heterocycles. The fraction of sp³-hybridized carbons (Fsp3) is 0. The predicted octanol–water partition coefficient (Wildman–Crippen LogP) is 2.88. The Morgan fingerprint density at radius 1 is 0.875 bits per heavy atom. The Balaban J connectivity index is 2.52. The molecule has 0 unspecified atom stereocenters. The predicted molar refractivity (Wildman–Crippen MR) is 63.0 cm³/mol. The summed E-state index contributed by atoms with van der Waals surface area (Å²) in [5.74, 6) is 0. The number of rotatable bonds is 2. The van der Waals surface area contributed by atoms with Crippen molar-refractivity contribution in [1.29, 1.82) is 0 Å².